The second-order valence-corrected chi connectivity index (χ2v) is 12.3. The van der Waals surface area contributed by atoms with Crippen LogP contribution in [0.25, 0.3) is 0 Å². The van der Waals surface area contributed by atoms with Gasteiger partial charge >= 0.3 is 0 Å². The molecule has 24 heavy (non-hydrogen) atoms. The van der Waals surface area contributed by atoms with E-state index in [0.29, 0.717) is 5.49 Å². The second-order valence-electron chi connectivity index (χ2n) is 5.70. The third-order valence-corrected chi connectivity index (χ3v) is 11.6. The summed E-state index contributed by atoms with van der Waals surface area (Å²) in [4.78, 5) is 0.849. The molecule has 122 valence electrons. The van der Waals surface area contributed by atoms with Crippen molar-refractivity contribution in [2.45, 2.75) is 11.8 Å². The van der Waals surface area contributed by atoms with Gasteiger partial charge in [0.25, 0.3) is 0 Å². The molecular weight excluding hydrogens is 351 g/mol. The zero-order valence-electron chi connectivity index (χ0n) is 13.5. The zero-order chi connectivity index (χ0) is 17.0. The monoisotopic (exact) mass is 370 g/mol. The van der Waals surface area contributed by atoms with Gasteiger partial charge in [-0.2, -0.15) is 0 Å². The Bertz CT molecular complexity index is 831. The van der Waals surface area contributed by atoms with Crippen molar-refractivity contribution in [2.24, 2.45) is 0 Å². The quantitative estimate of drug-likeness (QED) is 0.627. The van der Waals surface area contributed by atoms with E-state index in [9.17, 15) is 4.21 Å². The highest BCUT2D eigenvalue weighted by molar-refractivity contribution is 8.25. The molecule has 0 amide bonds. The maximum atomic E-state index is 13.0. The molecule has 1 unspecified atom stereocenters. The van der Waals surface area contributed by atoms with Gasteiger partial charge in [0.1, 0.15) is 0 Å². The van der Waals surface area contributed by atoms with Crippen LogP contribution in [0.5, 0.6) is 0 Å². The highest BCUT2D eigenvalue weighted by Crippen LogP contribution is 2.45. The summed E-state index contributed by atoms with van der Waals surface area (Å²) in [6.07, 6.45) is 0. The molecule has 0 bridgehead atoms. The summed E-state index contributed by atoms with van der Waals surface area (Å²) < 4.78 is 13.0. The van der Waals surface area contributed by atoms with Crippen molar-refractivity contribution in [1.29, 1.82) is 0 Å². The van der Waals surface area contributed by atoms with Gasteiger partial charge in [-0.15, -0.1) is 0 Å². The Morgan fingerprint density at radius 3 is 1.71 bits per heavy atom. The van der Waals surface area contributed by atoms with Gasteiger partial charge in [0.15, 0.2) is 0 Å². The highest BCUT2D eigenvalue weighted by Gasteiger charge is 2.25. The molecule has 3 aromatic carbocycles. The molecule has 0 heterocycles. The minimum absolute atomic E-state index is 0.486. The number of rotatable bonds is 5. The van der Waals surface area contributed by atoms with Crippen LogP contribution in [0.4, 0.5) is 0 Å². The van der Waals surface area contributed by atoms with Crippen LogP contribution in [0.2, 0.25) is 0 Å². The molecule has 4 heteroatoms. The van der Waals surface area contributed by atoms with Crippen LogP contribution >= 0.6 is 6.04 Å². The fourth-order valence-corrected chi connectivity index (χ4v) is 9.31. The Morgan fingerprint density at radius 2 is 1.25 bits per heavy atom. The van der Waals surface area contributed by atoms with Crippen LogP contribution in [0.15, 0.2) is 89.8 Å². The van der Waals surface area contributed by atoms with E-state index >= 15 is 0 Å². The van der Waals surface area contributed by atoms with E-state index in [1.165, 1.54) is 5.56 Å². The molecule has 0 N–H and O–H groups in total. The van der Waals surface area contributed by atoms with Crippen LogP contribution in [0.1, 0.15) is 5.56 Å². The van der Waals surface area contributed by atoms with Crippen molar-refractivity contribution < 1.29 is 4.21 Å². The molecule has 3 rings (SSSR count). The van der Waals surface area contributed by atoms with Gasteiger partial charge in [-0.1, -0.05) is 90.2 Å². The topological polar surface area (TPSA) is 17.1 Å². The minimum atomic E-state index is -2.12. The maximum absolute atomic E-state index is 13.0. The van der Waals surface area contributed by atoms with E-state index in [2.05, 4.69) is 24.3 Å². The van der Waals surface area contributed by atoms with Crippen LogP contribution in [-0.2, 0) is 22.6 Å². The average Bonchev–Trinajstić information content (AvgIpc) is 2.63. The van der Waals surface area contributed by atoms with Crippen LogP contribution < -0.4 is 10.6 Å². The lowest BCUT2D eigenvalue weighted by atomic mass is 10.2. The maximum Gasteiger partial charge on any atom is 0.0650 e. The molecule has 1 nitrogen and oxygen atoms in total. The van der Waals surface area contributed by atoms with Gasteiger partial charge in [0.2, 0.25) is 0 Å². The molecule has 0 aromatic heterocycles. The summed E-state index contributed by atoms with van der Waals surface area (Å²) in [5.41, 5.74) is 1.65. The Hall–Kier alpha value is -1.54. The minimum Gasteiger partial charge on any atom is -0.254 e. The molecule has 0 saturated carbocycles. The second kappa shape index (κ2) is 7.57. The van der Waals surface area contributed by atoms with Crippen LogP contribution in [-0.4, -0.2) is 9.70 Å². The Balaban J connectivity index is 2.02. The molecule has 0 fully saturated rings. The number of hydrogen-bond donors (Lipinski definition) is 0. The van der Waals surface area contributed by atoms with E-state index in [0.717, 1.165) is 15.5 Å². The predicted molar refractivity (Wildman–Crippen MR) is 109 cm³/mol. The molecule has 0 aliphatic heterocycles. The van der Waals surface area contributed by atoms with E-state index in [1.54, 1.807) is 0 Å². The summed E-state index contributed by atoms with van der Waals surface area (Å²) in [6, 6.07) is 26.1. The van der Waals surface area contributed by atoms with Gasteiger partial charge in [-0.25, -0.2) is 0 Å². The fourth-order valence-electron chi connectivity index (χ4n) is 2.57. The van der Waals surface area contributed by atoms with E-state index < -0.39 is 16.8 Å². The number of aryl methyl sites for hydroxylation is 1. The first kappa shape index (κ1) is 17.3. The van der Waals surface area contributed by atoms with Crippen molar-refractivity contribution in [3.63, 3.8) is 0 Å². The first-order valence-electron chi connectivity index (χ1n) is 7.75. The molecule has 3 aromatic rings. The first-order chi connectivity index (χ1) is 11.6. The summed E-state index contributed by atoms with van der Waals surface area (Å²) in [5, 5.41) is 2.23. The van der Waals surface area contributed by atoms with E-state index in [-0.39, 0.29) is 0 Å². The molecule has 0 aliphatic carbocycles. The van der Waals surface area contributed by atoms with Gasteiger partial charge < -0.3 is 0 Å². The molecular formula is C20H19OPS2. The number of benzene rings is 3. The lowest BCUT2D eigenvalue weighted by Crippen LogP contribution is -2.20. The summed E-state index contributed by atoms with van der Waals surface area (Å²) in [5.74, 6) is 0. The summed E-state index contributed by atoms with van der Waals surface area (Å²) >= 11 is 6.15. The van der Waals surface area contributed by atoms with Crippen LogP contribution in [0.3, 0.4) is 0 Å². The Kier molecular flexibility index (Phi) is 5.45. The van der Waals surface area contributed by atoms with Crippen molar-refractivity contribution >= 4 is 39.3 Å². The Morgan fingerprint density at radius 1 is 0.792 bits per heavy atom. The molecule has 0 radical (unpaired) electrons. The van der Waals surface area contributed by atoms with E-state index in [4.69, 9.17) is 11.8 Å². The highest BCUT2D eigenvalue weighted by atomic mass is 32.4. The molecule has 0 aliphatic rings. The van der Waals surface area contributed by atoms with Gasteiger partial charge in [-0.05, 0) is 29.7 Å². The lowest BCUT2D eigenvalue weighted by Gasteiger charge is -2.23. The van der Waals surface area contributed by atoms with Gasteiger partial charge in [0, 0.05) is 10.9 Å². The summed E-state index contributed by atoms with van der Waals surface area (Å²) in [6.45, 7) is 2.03. The van der Waals surface area contributed by atoms with Gasteiger partial charge in [-0.3, -0.25) is 4.21 Å². The van der Waals surface area contributed by atoms with Crippen molar-refractivity contribution in [3.05, 3.63) is 90.5 Å². The fraction of sp³-hybridized carbons (Fsp3) is 0.100. The SMILES string of the molecule is Cc1ccc(S(=O)CP(=S)(c2ccccc2)c2ccccc2)cc1. The van der Waals surface area contributed by atoms with Crippen molar-refractivity contribution in [3.8, 4) is 0 Å². The first-order valence-corrected chi connectivity index (χ1v) is 12.1. The molecule has 0 spiro atoms. The Labute approximate surface area is 151 Å². The zero-order valence-corrected chi connectivity index (χ0v) is 16.0. The van der Waals surface area contributed by atoms with Gasteiger partial charge in [0.05, 0.1) is 16.3 Å². The smallest absolute Gasteiger partial charge is 0.0650 e. The normalized spacial score (nSPS) is 12.7. The molecule has 1 atom stereocenters. The largest absolute Gasteiger partial charge is 0.254 e. The van der Waals surface area contributed by atoms with E-state index in [1.807, 2.05) is 67.6 Å². The van der Waals surface area contributed by atoms with Crippen LogP contribution in [0, 0.1) is 6.92 Å². The van der Waals surface area contributed by atoms with Crippen molar-refractivity contribution in [1.82, 2.24) is 0 Å². The predicted octanol–water partition coefficient (Wildman–Crippen LogP) is 4.19. The standard InChI is InChI=1S/C20H19OPS2/c1-17-12-14-20(15-13-17)24(21)16-22(23,18-8-4-2-5-9-18)19-10-6-3-7-11-19/h2-15H,16H2,1H3. The third kappa shape index (κ3) is 3.75. The molecule has 0 saturated heterocycles. The van der Waals surface area contributed by atoms with Crippen molar-refractivity contribution in [2.75, 3.05) is 5.49 Å². The third-order valence-electron chi connectivity index (χ3n) is 3.93. The summed E-state index contributed by atoms with van der Waals surface area (Å²) in [7, 11) is -1.12. The average molecular weight is 370 g/mol. The number of hydrogen-bond acceptors (Lipinski definition) is 2. The lowest BCUT2D eigenvalue weighted by molar-refractivity contribution is 0.686.